The van der Waals surface area contributed by atoms with E-state index < -0.39 is 5.41 Å². The predicted molar refractivity (Wildman–Crippen MR) is 287 cm³/mol. The summed E-state index contributed by atoms with van der Waals surface area (Å²) in [6.45, 7) is 0. The van der Waals surface area contributed by atoms with Crippen LogP contribution in [0.1, 0.15) is 57.3 Å². The molecule has 3 aliphatic rings. The Labute approximate surface area is 405 Å². The molecule has 0 N–H and O–H groups in total. The zero-order valence-corrected chi connectivity index (χ0v) is 38.3. The van der Waals surface area contributed by atoms with Gasteiger partial charge in [-0.15, -0.1) is 0 Å². The average molecular weight is 880 g/mol. The Hall–Kier alpha value is -8.52. The minimum atomic E-state index is -0.427. The second-order valence-electron chi connectivity index (χ2n) is 18.6. The molecule has 0 saturated heterocycles. The molecule has 326 valence electrons. The minimum Gasteiger partial charge on any atom is -0.310 e. The van der Waals surface area contributed by atoms with Crippen LogP contribution in [0.15, 0.2) is 279 Å². The number of fused-ring (bicyclic) bond motifs is 5. The van der Waals surface area contributed by atoms with Crippen molar-refractivity contribution in [2.24, 2.45) is 0 Å². The number of benzene rings is 10. The van der Waals surface area contributed by atoms with Gasteiger partial charge in [-0.05, 0) is 138 Å². The first-order chi connectivity index (χ1) is 34.2. The van der Waals surface area contributed by atoms with Crippen molar-refractivity contribution in [3.63, 3.8) is 0 Å². The summed E-state index contributed by atoms with van der Waals surface area (Å²) in [6, 6.07) is 96.7. The molecule has 0 saturated carbocycles. The smallest absolute Gasteiger partial charge is 0.0713 e. The van der Waals surface area contributed by atoms with E-state index in [2.05, 4.69) is 278 Å². The molecule has 0 heterocycles. The lowest BCUT2D eigenvalue weighted by atomic mass is 9.65. The Balaban J connectivity index is 0.871. The maximum atomic E-state index is 2.39. The average Bonchev–Trinajstić information content (AvgIpc) is 3.91. The monoisotopic (exact) mass is 879 g/mol. The first-order valence-corrected chi connectivity index (χ1v) is 24.3. The molecule has 0 aliphatic heterocycles. The molecule has 3 aliphatic carbocycles. The lowest BCUT2D eigenvalue weighted by Gasteiger charge is -2.36. The van der Waals surface area contributed by atoms with Gasteiger partial charge in [-0.2, -0.15) is 0 Å². The molecule has 0 amide bonds. The Bertz CT molecular complexity index is 3540. The van der Waals surface area contributed by atoms with Gasteiger partial charge in [0.05, 0.1) is 10.8 Å². The van der Waals surface area contributed by atoms with Crippen LogP contribution in [0.5, 0.6) is 0 Å². The molecule has 1 unspecified atom stereocenters. The molecule has 0 bridgehead atoms. The van der Waals surface area contributed by atoms with Gasteiger partial charge in [0.2, 0.25) is 0 Å². The first-order valence-electron chi connectivity index (χ1n) is 24.3. The van der Waals surface area contributed by atoms with E-state index in [4.69, 9.17) is 0 Å². The third kappa shape index (κ3) is 6.38. The van der Waals surface area contributed by atoms with Crippen LogP contribution >= 0.6 is 0 Å². The summed E-state index contributed by atoms with van der Waals surface area (Å²) in [5, 5.41) is 0. The molecule has 1 heteroatoms. The van der Waals surface area contributed by atoms with Crippen molar-refractivity contribution < 1.29 is 0 Å². The van der Waals surface area contributed by atoms with Crippen LogP contribution in [0.4, 0.5) is 17.1 Å². The fraction of sp³-hybridized carbons (Fsp3) is 0.0588. The number of hydrogen-bond acceptors (Lipinski definition) is 1. The highest BCUT2D eigenvalue weighted by molar-refractivity contribution is 5.91. The molecule has 0 radical (unpaired) electrons. The van der Waals surface area contributed by atoms with Crippen LogP contribution in [-0.2, 0) is 10.8 Å². The second kappa shape index (κ2) is 16.7. The molecule has 1 atom stereocenters. The van der Waals surface area contributed by atoms with Gasteiger partial charge in [0.15, 0.2) is 0 Å². The Morgan fingerprint density at radius 3 is 1.25 bits per heavy atom. The van der Waals surface area contributed by atoms with Gasteiger partial charge < -0.3 is 4.90 Å². The van der Waals surface area contributed by atoms with Crippen LogP contribution in [0, 0.1) is 0 Å². The standard InChI is InChI=1S/C68H49N/c1-4-22-52(23-5-1)67(63-34-14-10-30-59(63)60-31-11-15-35-64(60)67)54-42-38-48(39-43-54)50-20-18-28-57(46-50)69(56-26-8-3-9-27-56)58-29-19-21-51(47-58)49-40-44-55(45-41-49)68(53-24-6-2-7-25-53)65-36-16-12-32-61(65)62-33-13-17-37-66(62)68/h1-16,18-36,38-47H,17,37H2. The largest absolute Gasteiger partial charge is 0.310 e. The summed E-state index contributed by atoms with van der Waals surface area (Å²) in [5.41, 5.74) is 23.3. The molecule has 10 aromatic rings. The Morgan fingerprint density at radius 2 is 0.710 bits per heavy atom. The predicted octanol–water partition coefficient (Wildman–Crippen LogP) is 17.3. The third-order valence-corrected chi connectivity index (χ3v) is 15.1. The fourth-order valence-corrected chi connectivity index (χ4v) is 12.2. The van der Waals surface area contributed by atoms with E-state index in [1.54, 1.807) is 0 Å². The number of para-hydroxylation sites is 1. The second-order valence-corrected chi connectivity index (χ2v) is 18.6. The van der Waals surface area contributed by atoms with Crippen molar-refractivity contribution >= 4 is 22.6 Å². The molecule has 0 fully saturated rings. The van der Waals surface area contributed by atoms with Gasteiger partial charge in [-0.3, -0.25) is 0 Å². The molecular weight excluding hydrogens is 831 g/mol. The number of rotatable bonds is 9. The first kappa shape index (κ1) is 40.7. The van der Waals surface area contributed by atoms with Crippen molar-refractivity contribution in [1.29, 1.82) is 0 Å². The fourth-order valence-electron chi connectivity index (χ4n) is 12.2. The zero-order valence-electron chi connectivity index (χ0n) is 38.3. The molecule has 0 aromatic heterocycles. The van der Waals surface area contributed by atoms with E-state index in [0.717, 1.165) is 29.9 Å². The lowest BCUT2D eigenvalue weighted by Crippen LogP contribution is -2.30. The van der Waals surface area contributed by atoms with Crippen LogP contribution in [-0.4, -0.2) is 0 Å². The van der Waals surface area contributed by atoms with Gasteiger partial charge in [0, 0.05) is 17.1 Å². The highest BCUT2D eigenvalue weighted by atomic mass is 15.1. The van der Waals surface area contributed by atoms with Crippen molar-refractivity contribution in [3.05, 3.63) is 323 Å². The third-order valence-electron chi connectivity index (χ3n) is 15.1. The van der Waals surface area contributed by atoms with E-state index in [1.807, 2.05) is 0 Å². The van der Waals surface area contributed by atoms with Gasteiger partial charge in [-0.1, -0.05) is 237 Å². The van der Waals surface area contributed by atoms with Crippen LogP contribution in [0.3, 0.4) is 0 Å². The van der Waals surface area contributed by atoms with Crippen LogP contribution in [0.2, 0.25) is 0 Å². The van der Waals surface area contributed by atoms with E-state index in [-0.39, 0.29) is 5.41 Å². The van der Waals surface area contributed by atoms with Crippen molar-refractivity contribution in [2.75, 3.05) is 4.90 Å². The van der Waals surface area contributed by atoms with Crippen molar-refractivity contribution in [3.8, 4) is 33.4 Å². The number of anilines is 3. The summed E-state index contributed by atoms with van der Waals surface area (Å²) >= 11 is 0. The summed E-state index contributed by atoms with van der Waals surface area (Å²) < 4.78 is 0. The minimum absolute atomic E-state index is 0.343. The van der Waals surface area contributed by atoms with Gasteiger partial charge in [0.1, 0.15) is 0 Å². The van der Waals surface area contributed by atoms with Crippen molar-refractivity contribution in [1.82, 2.24) is 0 Å². The molecule has 69 heavy (non-hydrogen) atoms. The SMILES string of the molecule is C1=CC2=C(CC1)C(c1ccccc1)(c1ccc(-c3cccc(N(c4ccccc4)c4cccc(-c5ccc(C6(c7ccccc7)c7ccccc7-c7ccccc76)cc5)c4)c3)cc1)c1ccccc12. The van der Waals surface area contributed by atoms with E-state index in [0.29, 0.717) is 0 Å². The van der Waals surface area contributed by atoms with Crippen molar-refractivity contribution in [2.45, 2.75) is 23.7 Å². The molecule has 1 nitrogen and oxygen atoms in total. The maximum absolute atomic E-state index is 2.39. The van der Waals surface area contributed by atoms with E-state index in [1.165, 1.54) is 89.0 Å². The maximum Gasteiger partial charge on any atom is 0.0713 e. The summed E-state index contributed by atoms with van der Waals surface area (Å²) in [6.07, 6.45) is 6.80. The normalized spacial score (nSPS) is 16.1. The lowest BCUT2D eigenvalue weighted by molar-refractivity contribution is 0.696. The topological polar surface area (TPSA) is 3.24 Å². The van der Waals surface area contributed by atoms with Gasteiger partial charge in [-0.25, -0.2) is 0 Å². The highest BCUT2D eigenvalue weighted by Crippen LogP contribution is 2.58. The van der Waals surface area contributed by atoms with Gasteiger partial charge >= 0.3 is 0 Å². The summed E-state index contributed by atoms with van der Waals surface area (Å²) in [5.74, 6) is 0. The quantitative estimate of drug-likeness (QED) is 0.140. The molecule has 10 aromatic carbocycles. The summed E-state index contributed by atoms with van der Waals surface area (Å²) in [7, 11) is 0. The van der Waals surface area contributed by atoms with Gasteiger partial charge in [0.25, 0.3) is 0 Å². The Morgan fingerprint density at radius 1 is 0.304 bits per heavy atom. The number of hydrogen-bond donors (Lipinski definition) is 0. The molecule has 13 rings (SSSR count). The van der Waals surface area contributed by atoms with E-state index >= 15 is 0 Å². The molecule has 0 spiro atoms. The number of nitrogens with zero attached hydrogens (tertiary/aromatic N) is 1. The zero-order chi connectivity index (χ0) is 45.8. The van der Waals surface area contributed by atoms with E-state index in [9.17, 15) is 0 Å². The van der Waals surface area contributed by atoms with Crippen LogP contribution in [0.25, 0.3) is 39.0 Å². The molecular formula is C68H49N. The van der Waals surface area contributed by atoms with Crippen LogP contribution < -0.4 is 4.90 Å². The highest BCUT2D eigenvalue weighted by Gasteiger charge is 2.48. The number of allylic oxidation sites excluding steroid dienone is 4. The Kier molecular flexibility index (Phi) is 9.84. The summed E-state index contributed by atoms with van der Waals surface area (Å²) in [4.78, 5) is 2.39.